The predicted molar refractivity (Wildman–Crippen MR) is 102 cm³/mol. The van der Waals surface area contributed by atoms with Gasteiger partial charge >= 0.3 is 0 Å². The van der Waals surface area contributed by atoms with Crippen molar-refractivity contribution in [2.45, 2.75) is 19.3 Å². The number of hydrogen-bond acceptors (Lipinski definition) is 4. The number of carbonyl (C=O) groups excluding carboxylic acids is 2. The van der Waals surface area contributed by atoms with Gasteiger partial charge in [0, 0.05) is 41.5 Å². The molecule has 0 fully saturated rings. The number of rotatable bonds is 7. The van der Waals surface area contributed by atoms with Gasteiger partial charge in [0.25, 0.3) is 0 Å². The summed E-state index contributed by atoms with van der Waals surface area (Å²) in [5.74, 6) is -0.569. The highest BCUT2D eigenvalue weighted by atomic mass is 19.1. The molecule has 1 aromatic heterocycles. The van der Waals surface area contributed by atoms with Gasteiger partial charge in [-0.15, -0.1) is 0 Å². The lowest BCUT2D eigenvalue weighted by Gasteiger charge is -2.06. The number of carbonyl (C=O) groups is 2. The molecule has 0 saturated heterocycles. The van der Waals surface area contributed by atoms with Crippen molar-refractivity contribution in [2.75, 3.05) is 5.73 Å². The van der Waals surface area contributed by atoms with Crippen LogP contribution in [0.4, 0.5) is 10.1 Å². The van der Waals surface area contributed by atoms with Crippen LogP contribution >= 0.6 is 0 Å². The van der Waals surface area contributed by atoms with E-state index in [-0.39, 0.29) is 23.7 Å². The molecule has 0 aliphatic rings. The number of nitrogens with two attached hydrogens (primary N) is 1. The van der Waals surface area contributed by atoms with Crippen LogP contribution in [0.5, 0.6) is 0 Å². The van der Waals surface area contributed by atoms with Crippen molar-refractivity contribution in [1.82, 2.24) is 4.98 Å². The van der Waals surface area contributed by atoms with Crippen LogP contribution in [0.25, 0.3) is 0 Å². The van der Waals surface area contributed by atoms with Crippen molar-refractivity contribution in [1.29, 1.82) is 0 Å². The number of ketones is 2. The molecular weight excluding hydrogens is 343 g/mol. The van der Waals surface area contributed by atoms with Gasteiger partial charge < -0.3 is 5.73 Å². The lowest BCUT2D eigenvalue weighted by atomic mass is 9.99. The molecule has 3 rings (SSSR count). The summed E-state index contributed by atoms with van der Waals surface area (Å²) in [4.78, 5) is 28.9. The average Bonchev–Trinajstić information content (AvgIpc) is 2.69. The van der Waals surface area contributed by atoms with E-state index in [1.807, 2.05) is 18.2 Å². The third-order valence-electron chi connectivity index (χ3n) is 4.32. The average molecular weight is 362 g/mol. The van der Waals surface area contributed by atoms with Crippen molar-refractivity contribution in [3.8, 4) is 0 Å². The number of nitrogen functional groups attached to an aromatic ring is 1. The molecule has 4 nitrogen and oxygen atoms in total. The zero-order valence-electron chi connectivity index (χ0n) is 14.7. The van der Waals surface area contributed by atoms with Crippen molar-refractivity contribution in [2.24, 2.45) is 0 Å². The second-order valence-electron chi connectivity index (χ2n) is 6.26. The Morgan fingerprint density at radius 2 is 1.63 bits per heavy atom. The molecule has 136 valence electrons. The second kappa shape index (κ2) is 8.36. The number of anilines is 1. The van der Waals surface area contributed by atoms with Crippen molar-refractivity contribution in [3.05, 3.63) is 95.1 Å². The SMILES string of the molecule is Nc1cc(F)ccc1CC(=O)c1ccc(C(=O)CCc2ccccn2)cc1. The lowest BCUT2D eigenvalue weighted by Crippen LogP contribution is -2.07. The van der Waals surface area contributed by atoms with E-state index in [1.54, 1.807) is 30.5 Å². The summed E-state index contributed by atoms with van der Waals surface area (Å²) in [5, 5.41) is 0. The minimum atomic E-state index is -0.433. The van der Waals surface area contributed by atoms with E-state index >= 15 is 0 Å². The maximum atomic E-state index is 13.1. The summed E-state index contributed by atoms with van der Waals surface area (Å²) in [5.41, 5.74) is 8.50. The van der Waals surface area contributed by atoms with Gasteiger partial charge in [0.1, 0.15) is 5.82 Å². The van der Waals surface area contributed by atoms with Crippen molar-refractivity contribution in [3.63, 3.8) is 0 Å². The number of Topliss-reactive ketones (excluding diaryl/α,β-unsaturated/α-hetero) is 2. The third-order valence-corrected chi connectivity index (χ3v) is 4.32. The van der Waals surface area contributed by atoms with Crippen LogP contribution in [0, 0.1) is 5.82 Å². The molecule has 1 heterocycles. The van der Waals surface area contributed by atoms with E-state index in [9.17, 15) is 14.0 Å². The van der Waals surface area contributed by atoms with Crippen LogP contribution in [0.15, 0.2) is 66.9 Å². The Morgan fingerprint density at radius 3 is 2.26 bits per heavy atom. The van der Waals surface area contributed by atoms with Gasteiger partial charge in [-0.05, 0) is 36.2 Å². The Balaban J connectivity index is 1.62. The van der Waals surface area contributed by atoms with E-state index in [4.69, 9.17) is 5.73 Å². The molecular formula is C22H19FN2O2. The fourth-order valence-electron chi connectivity index (χ4n) is 2.78. The van der Waals surface area contributed by atoms with Crippen LogP contribution in [0.2, 0.25) is 0 Å². The van der Waals surface area contributed by atoms with E-state index in [0.29, 0.717) is 29.5 Å². The minimum absolute atomic E-state index is 0.00225. The highest BCUT2D eigenvalue weighted by Gasteiger charge is 2.12. The Morgan fingerprint density at radius 1 is 0.926 bits per heavy atom. The van der Waals surface area contributed by atoms with Crippen LogP contribution in [0.3, 0.4) is 0 Å². The Labute approximate surface area is 156 Å². The number of pyridine rings is 1. The van der Waals surface area contributed by atoms with Gasteiger partial charge in [0.2, 0.25) is 0 Å². The summed E-state index contributed by atoms with van der Waals surface area (Å²) >= 11 is 0. The molecule has 0 bridgehead atoms. The van der Waals surface area contributed by atoms with Crippen molar-refractivity contribution >= 4 is 17.3 Å². The Bertz CT molecular complexity index is 954. The smallest absolute Gasteiger partial charge is 0.167 e. The first-order valence-electron chi connectivity index (χ1n) is 8.63. The molecule has 3 aromatic rings. The lowest BCUT2D eigenvalue weighted by molar-refractivity contribution is 0.0975. The molecule has 0 aliphatic heterocycles. The van der Waals surface area contributed by atoms with E-state index in [2.05, 4.69) is 4.98 Å². The van der Waals surface area contributed by atoms with Crippen LogP contribution in [-0.2, 0) is 12.8 Å². The predicted octanol–water partition coefficient (Wildman–Crippen LogP) is 4.04. The fraction of sp³-hybridized carbons (Fsp3) is 0.136. The summed E-state index contributed by atoms with van der Waals surface area (Å²) in [6.45, 7) is 0. The van der Waals surface area contributed by atoms with Crippen LogP contribution in [-0.4, -0.2) is 16.6 Å². The summed E-state index contributed by atoms with van der Waals surface area (Å²) in [7, 11) is 0. The molecule has 0 radical (unpaired) electrons. The molecule has 27 heavy (non-hydrogen) atoms. The zero-order chi connectivity index (χ0) is 19.2. The van der Waals surface area contributed by atoms with Gasteiger partial charge in [-0.2, -0.15) is 0 Å². The van der Waals surface area contributed by atoms with Gasteiger partial charge in [0.05, 0.1) is 0 Å². The summed E-state index contributed by atoms with van der Waals surface area (Å²) < 4.78 is 13.1. The number of aromatic nitrogens is 1. The molecule has 0 spiro atoms. The monoisotopic (exact) mass is 362 g/mol. The Hall–Kier alpha value is -3.34. The number of nitrogens with zero attached hydrogens (tertiary/aromatic N) is 1. The number of aryl methyl sites for hydroxylation is 1. The molecule has 0 saturated carbocycles. The standard InChI is InChI=1S/C22H19FN2O2/c23-18-9-8-17(20(24)14-18)13-22(27)16-6-4-15(5-7-16)21(26)11-10-19-3-1-2-12-25-19/h1-9,12,14H,10-11,13,24H2. The number of halogens is 1. The van der Waals surface area contributed by atoms with E-state index in [1.165, 1.54) is 18.2 Å². The minimum Gasteiger partial charge on any atom is -0.398 e. The normalized spacial score (nSPS) is 10.6. The van der Waals surface area contributed by atoms with Gasteiger partial charge in [-0.1, -0.05) is 36.4 Å². The first kappa shape index (κ1) is 18.5. The number of hydrogen-bond donors (Lipinski definition) is 1. The Kier molecular flexibility index (Phi) is 5.71. The molecule has 5 heteroatoms. The first-order chi connectivity index (χ1) is 13.0. The van der Waals surface area contributed by atoms with E-state index in [0.717, 1.165) is 5.69 Å². The van der Waals surface area contributed by atoms with Gasteiger partial charge in [-0.25, -0.2) is 4.39 Å². The molecule has 0 atom stereocenters. The van der Waals surface area contributed by atoms with Gasteiger partial charge in [-0.3, -0.25) is 14.6 Å². The maximum Gasteiger partial charge on any atom is 0.167 e. The zero-order valence-corrected chi connectivity index (χ0v) is 14.7. The fourth-order valence-corrected chi connectivity index (χ4v) is 2.78. The maximum absolute atomic E-state index is 13.1. The molecule has 2 N–H and O–H groups in total. The highest BCUT2D eigenvalue weighted by Crippen LogP contribution is 2.17. The third kappa shape index (κ3) is 4.85. The molecule has 0 amide bonds. The van der Waals surface area contributed by atoms with Gasteiger partial charge in [0.15, 0.2) is 11.6 Å². The summed E-state index contributed by atoms with van der Waals surface area (Å²) in [6, 6.07) is 16.2. The van der Waals surface area contributed by atoms with E-state index < -0.39 is 5.82 Å². The topological polar surface area (TPSA) is 73.1 Å². The highest BCUT2D eigenvalue weighted by molar-refractivity contribution is 6.00. The largest absolute Gasteiger partial charge is 0.398 e. The molecule has 0 aliphatic carbocycles. The summed E-state index contributed by atoms with van der Waals surface area (Å²) in [6.07, 6.45) is 2.72. The second-order valence-corrected chi connectivity index (χ2v) is 6.26. The number of benzene rings is 2. The van der Waals surface area contributed by atoms with Crippen LogP contribution < -0.4 is 5.73 Å². The molecule has 0 unspecified atom stereocenters. The molecule has 2 aromatic carbocycles. The quantitative estimate of drug-likeness (QED) is 0.508. The van der Waals surface area contributed by atoms with Crippen LogP contribution in [0.1, 0.15) is 38.4 Å². The van der Waals surface area contributed by atoms with Crippen molar-refractivity contribution < 1.29 is 14.0 Å². The first-order valence-corrected chi connectivity index (χ1v) is 8.63.